The van der Waals surface area contributed by atoms with Crippen molar-refractivity contribution >= 4 is 11.6 Å². The second-order valence-electron chi connectivity index (χ2n) is 6.02. The number of rotatable bonds is 1. The van der Waals surface area contributed by atoms with Crippen LogP contribution in [0.4, 0.5) is 0 Å². The fourth-order valence-electron chi connectivity index (χ4n) is 3.47. The van der Waals surface area contributed by atoms with E-state index in [9.17, 15) is 5.11 Å². The van der Waals surface area contributed by atoms with Gasteiger partial charge in [-0.1, -0.05) is 41.9 Å². The molecule has 0 radical (unpaired) electrons. The van der Waals surface area contributed by atoms with Crippen LogP contribution >= 0.6 is 11.6 Å². The molecule has 0 aliphatic heterocycles. The van der Waals surface area contributed by atoms with E-state index in [2.05, 4.69) is 17.1 Å². The van der Waals surface area contributed by atoms with Crippen LogP contribution in [0.25, 0.3) is 0 Å². The highest BCUT2D eigenvalue weighted by molar-refractivity contribution is 6.30. The summed E-state index contributed by atoms with van der Waals surface area (Å²) in [7, 11) is 0. The first-order valence-electron chi connectivity index (χ1n) is 7.65. The highest BCUT2D eigenvalue weighted by atomic mass is 35.5. The van der Waals surface area contributed by atoms with E-state index in [0.717, 1.165) is 28.7 Å². The lowest BCUT2D eigenvalue weighted by atomic mass is 9.81. The Morgan fingerprint density at radius 3 is 2.52 bits per heavy atom. The summed E-state index contributed by atoms with van der Waals surface area (Å²) < 4.78 is 0. The molecule has 114 valence electrons. The maximum Gasteiger partial charge on any atom is 0.119 e. The predicted octanol–water partition coefficient (Wildman–Crippen LogP) is 4.12. The van der Waals surface area contributed by atoms with Gasteiger partial charge in [-0.3, -0.25) is 4.98 Å². The van der Waals surface area contributed by atoms with E-state index in [0.29, 0.717) is 11.4 Å². The summed E-state index contributed by atoms with van der Waals surface area (Å²) >= 11 is 6.19. The normalized spacial score (nSPS) is 19.6. The average Bonchev–Trinajstić information content (AvgIpc) is 2.70. The molecule has 0 fully saturated rings. The molecule has 1 N–H and O–H groups in total. The Kier molecular flexibility index (Phi) is 3.44. The Balaban J connectivity index is 1.98. The fourth-order valence-corrected chi connectivity index (χ4v) is 3.67. The van der Waals surface area contributed by atoms with Crippen molar-refractivity contribution in [2.45, 2.75) is 18.4 Å². The maximum atomic E-state index is 11.6. The van der Waals surface area contributed by atoms with Crippen molar-refractivity contribution in [3.63, 3.8) is 0 Å². The minimum atomic E-state index is -1.07. The lowest BCUT2D eigenvalue weighted by molar-refractivity contribution is 0.0812. The second kappa shape index (κ2) is 5.48. The average molecular weight is 322 g/mol. The van der Waals surface area contributed by atoms with Gasteiger partial charge >= 0.3 is 0 Å². The molecule has 2 nitrogen and oxygen atoms in total. The van der Waals surface area contributed by atoms with Crippen LogP contribution in [0.1, 0.15) is 27.8 Å². The SMILES string of the molecule is O[C@@]1(c2ccncc2)Cc2cc(Cl)ccc2Cc2ccccc21. The van der Waals surface area contributed by atoms with Gasteiger partial charge in [-0.15, -0.1) is 0 Å². The summed E-state index contributed by atoms with van der Waals surface area (Å²) in [6.45, 7) is 0. The van der Waals surface area contributed by atoms with E-state index in [-0.39, 0.29) is 0 Å². The maximum absolute atomic E-state index is 11.6. The first-order valence-corrected chi connectivity index (χ1v) is 8.03. The Labute approximate surface area is 140 Å². The van der Waals surface area contributed by atoms with Gasteiger partial charge < -0.3 is 5.11 Å². The number of aromatic nitrogens is 1. The summed E-state index contributed by atoms with van der Waals surface area (Å²) in [5, 5.41) is 12.3. The van der Waals surface area contributed by atoms with Crippen LogP contribution in [0.15, 0.2) is 67.0 Å². The van der Waals surface area contributed by atoms with E-state index < -0.39 is 5.60 Å². The first kappa shape index (κ1) is 14.4. The summed E-state index contributed by atoms with van der Waals surface area (Å²) in [4.78, 5) is 4.08. The number of hydrogen-bond donors (Lipinski definition) is 1. The molecule has 0 unspecified atom stereocenters. The second-order valence-corrected chi connectivity index (χ2v) is 6.46. The molecule has 0 saturated carbocycles. The fraction of sp³-hybridized carbons (Fsp3) is 0.150. The molecule has 1 aliphatic carbocycles. The van der Waals surface area contributed by atoms with Gasteiger partial charge in [-0.2, -0.15) is 0 Å². The van der Waals surface area contributed by atoms with Crippen molar-refractivity contribution < 1.29 is 5.11 Å². The van der Waals surface area contributed by atoms with Gasteiger partial charge in [0, 0.05) is 23.8 Å². The summed E-state index contributed by atoms with van der Waals surface area (Å²) in [6, 6.07) is 17.8. The molecule has 1 atom stereocenters. The topological polar surface area (TPSA) is 33.1 Å². The van der Waals surface area contributed by atoms with Crippen molar-refractivity contribution in [3.05, 3.63) is 99.8 Å². The van der Waals surface area contributed by atoms with Crippen LogP contribution in [0, 0.1) is 0 Å². The van der Waals surface area contributed by atoms with Gasteiger partial charge in [0.1, 0.15) is 5.60 Å². The van der Waals surface area contributed by atoms with Crippen LogP contribution in [-0.4, -0.2) is 10.1 Å². The van der Waals surface area contributed by atoms with Crippen LogP contribution in [0.5, 0.6) is 0 Å². The van der Waals surface area contributed by atoms with Crippen LogP contribution in [0.2, 0.25) is 5.02 Å². The molecule has 1 aromatic heterocycles. The van der Waals surface area contributed by atoms with Gasteiger partial charge in [0.2, 0.25) is 0 Å². The van der Waals surface area contributed by atoms with Crippen LogP contribution in [-0.2, 0) is 18.4 Å². The van der Waals surface area contributed by atoms with E-state index in [1.807, 2.05) is 42.5 Å². The molecule has 0 amide bonds. The number of nitrogens with zero attached hydrogens (tertiary/aromatic N) is 1. The lowest BCUT2D eigenvalue weighted by Crippen LogP contribution is -2.30. The van der Waals surface area contributed by atoms with Gasteiger partial charge in [0.25, 0.3) is 0 Å². The molecule has 2 aromatic carbocycles. The molecule has 1 heterocycles. The van der Waals surface area contributed by atoms with Crippen LogP contribution < -0.4 is 0 Å². The van der Waals surface area contributed by atoms with Gasteiger partial charge in [-0.25, -0.2) is 0 Å². The zero-order chi connectivity index (χ0) is 15.9. The van der Waals surface area contributed by atoms with Gasteiger partial charge in [0.05, 0.1) is 0 Å². The predicted molar refractivity (Wildman–Crippen MR) is 91.6 cm³/mol. The number of aliphatic hydroxyl groups is 1. The molecule has 0 bridgehead atoms. The molecule has 23 heavy (non-hydrogen) atoms. The van der Waals surface area contributed by atoms with E-state index in [1.165, 1.54) is 5.56 Å². The number of pyridine rings is 1. The Hall–Kier alpha value is -2.16. The molecule has 0 saturated heterocycles. The molecule has 3 aromatic rings. The van der Waals surface area contributed by atoms with Gasteiger partial charge in [-0.05, 0) is 58.5 Å². The van der Waals surface area contributed by atoms with Crippen molar-refractivity contribution in [2.24, 2.45) is 0 Å². The highest BCUT2D eigenvalue weighted by Gasteiger charge is 2.36. The molecular formula is C20H16ClNO. The van der Waals surface area contributed by atoms with Crippen molar-refractivity contribution in [1.29, 1.82) is 0 Å². The third-order valence-electron chi connectivity index (χ3n) is 4.62. The Morgan fingerprint density at radius 1 is 0.913 bits per heavy atom. The van der Waals surface area contributed by atoms with Gasteiger partial charge in [0.15, 0.2) is 0 Å². The largest absolute Gasteiger partial charge is 0.380 e. The summed E-state index contributed by atoms with van der Waals surface area (Å²) in [6.07, 6.45) is 4.75. The molecule has 1 aliphatic rings. The third-order valence-corrected chi connectivity index (χ3v) is 4.85. The first-order chi connectivity index (χ1) is 11.2. The Bertz CT molecular complexity index is 863. The highest BCUT2D eigenvalue weighted by Crippen LogP contribution is 2.40. The number of fused-ring (bicyclic) bond motifs is 2. The monoisotopic (exact) mass is 321 g/mol. The quantitative estimate of drug-likeness (QED) is 0.731. The van der Waals surface area contributed by atoms with Crippen molar-refractivity contribution in [1.82, 2.24) is 4.98 Å². The van der Waals surface area contributed by atoms with Crippen molar-refractivity contribution in [3.8, 4) is 0 Å². The molecular weight excluding hydrogens is 306 g/mol. The lowest BCUT2D eigenvalue weighted by Gasteiger charge is -2.30. The number of hydrogen-bond acceptors (Lipinski definition) is 2. The molecule has 4 rings (SSSR count). The van der Waals surface area contributed by atoms with E-state index >= 15 is 0 Å². The third kappa shape index (κ3) is 2.44. The number of halogens is 1. The van der Waals surface area contributed by atoms with E-state index in [1.54, 1.807) is 12.4 Å². The summed E-state index contributed by atoms with van der Waals surface area (Å²) in [5.74, 6) is 0. The van der Waals surface area contributed by atoms with Crippen LogP contribution in [0.3, 0.4) is 0 Å². The van der Waals surface area contributed by atoms with E-state index in [4.69, 9.17) is 11.6 Å². The zero-order valence-corrected chi connectivity index (χ0v) is 13.3. The Morgan fingerprint density at radius 2 is 1.70 bits per heavy atom. The smallest absolute Gasteiger partial charge is 0.119 e. The minimum absolute atomic E-state index is 0.504. The molecule has 3 heteroatoms. The number of benzene rings is 2. The minimum Gasteiger partial charge on any atom is -0.380 e. The van der Waals surface area contributed by atoms with Crippen molar-refractivity contribution in [2.75, 3.05) is 0 Å². The zero-order valence-electron chi connectivity index (χ0n) is 12.5. The standard InChI is InChI=1S/C20H16ClNO/c21-18-6-5-14-11-15-3-1-2-4-19(15)20(23,13-16(14)12-18)17-7-9-22-10-8-17/h1-10,12,23H,11,13H2/t20-/m1/s1. The summed E-state index contributed by atoms with van der Waals surface area (Å²) in [5.41, 5.74) is 4.19. The molecule has 0 spiro atoms.